The molecule has 1 heterocycles. The van der Waals surface area contributed by atoms with Crippen LogP contribution >= 0.6 is 28.3 Å². The predicted molar refractivity (Wildman–Crippen MR) is 85.1 cm³/mol. The molecule has 1 aliphatic heterocycles. The summed E-state index contributed by atoms with van der Waals surface area (Å²) >= 11 is 3.20. The lowest BCUT2D eigenvalue weighted by atomic mass is 10.1. The number of nitrogens with two attached hydrogens (primary N) is 1. The molecule has 20 heavy (non-hydrogen) atoms. The molecule has 1 aliphatic rings. The molecule has 2 atom stereocenters. The van der Waals surface area contributed by atoms with Gasteiger partial charge in [-0.2, -0.15) is 0 Å². The van der Waals surface area contributed by atoms with E-state index in [1.54, 1.807) is 12.1 Å². The van der Waals surface area contributed by atoms with E-state index in [0.29, 0.717) is 23.0 Å². The van der Waals surface area contributed by atoms with Crippen LogP contribution in [0.4, 0.5) is 5.69 Å². The molecule has 0 radical (unpaired) electrons. The lowest BCUT2D eigenvalue weighted by Crippen LogP contribution is -2.27. The zero-order valence-corrected chi connectivity index (χ0v) is 13.7. The number of benzene rings is 1. The summed E-state index contributed by atoms with van der Waals surface area (Å²) in [5.74, 6) is 0.542. The topological polar surface area (TPSA) is 72.4 Å². The zero-order valence-electron chi connectivity index (χ0n) is 11.3. The summed E-state index contributed by atoms with van der Waals surface area (Å²) in [5.41, 5.74) is 6.81. The molecule has 2 rings (SSSR count). The van der Waals surface area contributed by atoms with Crippen LogP contribution in [0.25, 0.3) is 0 Å². The second-order valence-corrected chi connectivity index (χ2v) is 6.01. The molecule has 1 aromatic rings. The van der Waals surface area contributed by atoms with Gasteiger partial charge in [-0.05, 0) is 53.4 Å². The molecule has 0 aliphatic carbocycles. The third kappa shape index (κ3) is 3.91. The molecule has 7 heteroatoms. The number of nitrogens with zero attached hydrogens (tertiary/aromatic N) is 2. The summed E-state index contributed by atoms with van der Waals surface area (Å²) in [7, 11) is 0. The summed E-state index contributed by atoms with van der Waals surface area (Å²) in [6.07, 6.45) is 1.11. The second kappa shape index (κ2) is 7.36. The fraction of sp³-hybridized carbons (Fsp3) is 0.538. The molecule has 0 aromatic heterocycles. The van der Waals surface area contributed by atoms with E-state index in [1.165, 1.54) is 0 Å². The van der Waals surface area contributed by atoms with E-state index in [9.17, 15) is 10.1 Å². The smallest absolute Gasteiger partial charge is 0.283 e. The first-order valence-electron chi connectivity index (χ1n) is 6.38. The Bertz CT molecular complexity index is 487. The van der Waals surface area contributed by atoms with Crippen molar-refractivity contribution in [2.45, 2.75) is 25.9 Å². The van der Waals surface area contributed by atoms with Crippen molar-refractivity contribution in [3.63, 3.8) is 0 Å². The highest BCUT2D eigenvalue weighted by Crippen LogP contribution is 2.28. The molecular weight excluding hydrogens is 346 g/mol. The number of hydrogen-bond donors (Lipinski definition) is 1. The first-order valence-corrected chi connectivity index (χ1v) is 7.17. The van der Waals surface area contributed by atoms with Gasteiger partial charge in [-0.3, -0.25) is 15.0 Å². The van der Waals surface area contributed by atoms with Crippen molar-refractivity contribution in [2.75, 3.05) is 13.1 Å². The highest BCUT2D eigenvalue weighted by Gasteiger charge is 2.28. The lowest BCUT2D eigenvalue weighted by Gasteiger charge is -2.21. The average Bonchev–Trinajstić information content (AvgIpc) is 2.72. The van der Waals surface area contributed by atoms with E-state index in [-0.39, 0.29) is 23.0 Å². The number of likely N-dealkylation sites (tertiary alicyclic amines) is 1. The van der Waals surface area contributed by atoms with Crippen molar-refractivity contribution in [2.24, 2.45) is 11.7 Å². The van der Waals surface area contributed by atoms with Crippen molar-refractivity contribution in [3.05, 3.63) is 38.3 Å². The van der Waals surface area contributed by atoms with Crippen molar-refractivity contribution in [3.8, 4) is 0 Å². The number of halogens is 2. The summed E-state index contributed by atoms with van der Waals surface area (Å²) in [6.45, 7) is 4.61. The first-order chi connectivity index (χ1) is 9.01. The Balaban J connectivity index is 0.00000200. The van der Waals surface area contributed by atoms with Gasteiger partial charge in [0.2, 0.25) is 0 Å². The van der Waals surface area contributed by atoms with Gasteiger partial charge in [0.25, 0.3) is 5.69 Å². The van der Waals surface area contributed by atoms with Crippen LogP contribution in [0.5, 0.6) is 0 Å². The molecule has 5 nitrogen and oxygen atoms in total. The highest BCUT2D eigenvalue weighted by molar-refractivity contribution is 9.10. The summed E-state index contributed by atoms with van der Waals surface area (Å²) in [5, 5.41) is 10.9. The van der Waals surface area contributed by atoms with Gasteiger partial charge in [-0.25, -0.2) is 0 Å². The largest absolute Gasteiger partial charge is 0.330 e. The molecule has 1 fully saturated rings. The maximum absolute atomic E-state index is 10.9. The van der Waals surface area contributed by atoms with Crippen LogP contribution in [-0.2, 0) is 6.54 Å². The summed E-state index contributed by atoms with van der Waals surface area (Å²) < 4.78 is 0.524. The Labute approximate surface area is 133 Å². The van der Waals surface area contributed by atoms with Crippen LogP contribution in [0.3, 0.4) is 0 Å². The minimum absolute atomic E-state index is 0. The van der Waals surface area contributed by atoms with Crippen LogP contribution in [0, 0.1) is 16.0 Å². The molecule has 0 spiro atoms. The summed E-state index contributed by atoms with van der Waals surface area (Å²) in [6, 6.07) is 5.80. The predicted octanol–water partition coefficient (Wildman–Crippen LogP) is 2.95. The van der Waals surface area contributed by atoms with Crippen molar-refractivity contribution >= 4 is 34.0 Å². The van der Waals surface area contributed by atoms with Gasteiger partial charge in [-0.15, -0.1) is 12.4 Å². The maximum Gasteiger partial charge on any atom is 0.283 e. The number of rotatable bonds is 4. The van der Waals surface area contributed by atoms with Gasteiger partial charge < -0.3 is 5.73 Å². The van der Waals surface area contributed by atoms with Gasteiger partial charge in [0.15, 0.2) is 0 Å². The van der Waals surface area contributed by atoms with Crippen molar-refractivity contribution in [1.29, 1.82) is 0 Å². The van der Waals surface area contributed by atoms with Crippen molar-refractivity contribution < 1.29 is 4.92 Å². The quantitative estimate of drug-likeness (QED) is 0.658. The fourth-order valence-corrected chi connectivity index (χ4v) is 3.03. The van der Waals surface area contributed by atoms with Gasteiger partial charge in [0.05, 0.1) is 9.40 Å². The van der Waals surface area contributed by atoms with Gasteiger partial charge in [0.1, 0.15) is 0 Å². The minimum atomic E-state index is -0.357. The minimum Gasteiger partial charge on any atom is -0.330 e. The molecule has 1 aromatic carbocycles. The van der Waals surface area contributed by atoms with E-state index in [0.717, 1.165) is 25.1 Å². The van der Waals surface area contributed by atoms with Crippen LogP contribution in [0.1, 0.15) is 18.9 Å². The zero-order chi connectivity index (χ0) is 14.0. The third-order valence-electron chi connectivity index (χ3n) is 3.72. The molecule has 0 bridgehead atoms. The molecule has 2 unspecified atom stereocenters. The van der Waals surface area contributed by atoms with E-state index in [1.807, 2.05) is 6.07 Å². The van der Waals surface area contributed by atoms with Gasteiger partial charge in [0, 0.05) is 25.2 Å². The van der Waals surface area contributed by atoms with Crippen LogP contribution in [0.2, 0.25) is 0 Å². The molecule has 1 saturated heterocycles. The van der Waals surface area contributed by atoms with Crippen LogP contribution in [-0.4, -0.2) is 29.0 Å². The molecule has 2 N–H and O–H groups in total. The molecule has 112 valence electrons. The van der Waals surface area contributed by atoms with Gasteiger partial charge >= 0.3 is 0 Å². The van der Waals surface area contributed by atoms with Gasteiger partial charge in [-0.1, -0.05) is 6.07 Å². The Kier molecular flexibility index (Phi) is 6.39. The Hall–Kier alpha value is -0.690. The van der Waals surface area contributed by atoms with E-state index >= 15 is 0 Å². The maximum atomic E-state index is 10.9. The molecule has 0 saturated carbocycles. The Morgan fingerprint density at radius 2 is 2.25 bits per heavy atom. The number of nitro benzene ring substituents is 1. The van der Waals surface area contributed by atoms with E-state index in [2.05, 4.69) is 27.8 Å². The van der Waals surface area contributed by atoms with Crippen molar-refractivity contribution in [1.82, 2.24) is 4.90 Å². The van der Waals surface area contributed by atoms with E-state index < -0.39 is 0 Å². The van der Waals surface area contributed by atoms with Crippen LogP contribution < -0.4 is 5.73 Å². The number of hydrogen-bond acceptors (Lipinski definition) is 4. The second-order valence-electron chi connectivity index (χ2n) is 5.16. The number of nitro groups is 1. The van der Waals surface area contributed by atoms with Crippen LogP contribution in [0.15, 0.2) is 22.7 Å². The standard InChI is InChI=1S/C13H18BrN3O2.ClH/c1-9-4-11(6-15)8-16(9)7-10-2-3-12(14)13(5-10)17(18)19;/h2-3,5,9,11H,4,6-8,15H2,1H3;1H. The third-order valence-corrected chi connectivity index (χ3v) is 4.39. The first kappa shape index (κ1) is 17.4. The highest BCUT2D eigenvalue weighted by atomic mass is 79.9. The average molecular weight is 365 g/mol. The Morgan fingerprint density at radius 3 is 2.80 bits per heavy atom. The van der Waals surface area contributed by atoms with E-state index in [4.69, 9.17) is 5.73 Å². The fourth-order valence-electron chi connectivity index (χ4n) is 2.64. The SMILES string of the molecule is CC1CC(CN)CN1Cc1ccc(Br)c([N+](=O)[O-])c1.Cl. The molecule has 0 amide bonds. The Morgan fingerprint density at radius 1 is 1.55 bits per heavy atom. The molecular formula is C13H19BrClN3O2. The normalized spacial score (nSPS) is 22.6. The monoisotopic (exact) mass is 363 g/mol. The lowest BCUT2D eigenvalue weighted by molar-refractivity contribution is -0.385. The summed E-state index contributed by atoms with van der Waals surface area (Å²) in [4.78, 5) is 12.9.